The summed E-state index contributed by atoms with van der Waals surface area (Å²) in [5.41, 5.74) is 4.26. The number of hydrogen-bond donors (Lipinski definition) is 6. The second kappa shape index (κ2) is 20.9. The van der Waals surface area contributed by atoms with Crippen molar-refractivity contribution in [2.24, 2.45) is 11.1 Å². The number of nitrogens with one attached hydrogen (secondary N) is 4. The Labute approximate surface area is 291 Å². The smallest absolute Gasteiger partial charge is 0.326 e. The van der Waals surface area contributed by atoms with Crippen LogP contribution in [-0.2, 0) is 28.8 Å². The summed E-state index contributed by atoms with van der Waals surface area (Å²) in [6.45, 7) is 4.87. The maximum Gasteiger partial charge on any atom is 0.326 e. The number of amides is 7. The average molecular weight is 704 g/mol. The molecule has 1 unspecified atom stereocenters. The van der Waals surface area contributed by atoms with Crippen LogP contribution in [0.15, 0.2) is 18.2 Å². The first-order valence-electron chi connectivity index (χ1n) is 16.1. The fourth-order valence-corrected chi connectivity index (χ4v) is 4.70. The van der Waals surface area contributed by atoms with Crippen LogP contribution in [0.5, 0.6) is 0 Å². The Morgan fingerprint density at radius 1 is 0.960 bits per heavy atom. The Kier molecular flexibility index (Phi) is 17.8. The van der Waals surface area contributed by atoms with Gasteiger partial charge in [0.25, 0.3) is 5.91 Å². The highest BCUT2D eigenvalue weighted by molar-refractivity contribution is 6.03. The first-order chi connectivity index (χ1) is 23.4. The molecule has 0 saturated heterocycles. The zero-order chi connectivity index (χ0) is 38.0. The summed E-state index contributed by atoms with van der Waals surface area (Å²) >= 11 is 0. The van der Waals surface area contributed by atoms with Crippen molar-refractivity contribution in [3.05, 3.63) is 29.3 Å². The van der Waals surface area contributed by atoms with Crippen molar-refractivity contribution < 1.29 is 48.3 Å². The van der Waals surface area contributed by atoms with Crippen molar-refractivity contribution in [1.29, 1.82) is 0 Å². The molecule has 50 heavy (non-hydrogen) atoms. The molecule has 1 rings (SSSR count). The SMILES string of the molecule is C[C@@H](C(=O)O)N(C)C(=O)c1ccc(NC(=O)C(CCCNC(N)=O)NC(=O)CNC(=O)CCCCCN(C)C(=O)C(C)(C)CC=O)c(C=O)c1. The van der Waals surface area contributed by atoms with Crippen LogP contribution in [0.1, 0.15) is 86.4 Å². The number of carboxylic acids is 1. The van der Waals surface area contributed by atoms with Crippen molar-refractivity contribution in [2.75, 3.05) is 39.0 Å². The van der Waals surface area contributed by atoms with Crippen molar-refractivity contribution in [3.8, 4) is 0 Å². The van der Waals surface area contributed by atoms with Crippen LogP contribution in [0.4, 0.5) is 10.5 Å². The Balaban J connectivity index is 2.78. The fourth-order valence-electron chi connectivity index (χ4n) is 4.70. The molecule has 1 aromatic rings. The fraction of sp³-hybridized carbons (Fsp3) is 0.545. The van der Waals surface area contributed by atoms with Crippen LogP contribution >= 0.6 is 0 Å². The predicted molar refractivity (Wildman–Crippen MR) is 182 cm³/mol. The summed E-state index contributed by atoms with van der Waals surface area (Å²) in [5, 5.41) is 19.1. The topological polar surface area (TPSA) is 254 Å². The Hall–Kier alpha value is -5.35. The van der Waals surface area contributed by atoms with E-state index in [1.165, 1.54) is 32.2 Å². The lowest BCUT2D eigenvalue weighted by Gasteiger charge is -2.27. The zero-order valence-corrected chi connectivity index (χ0v) is 29.2. The van der Waals surface area contributed by atoms with Gasteiger partial charge >= 0.3 is 12.0 Å². The number of urea groups is 1. The third kappa shape index (κ3) is 14.4. The van der Waals surface area contributed by atoms with E-state index < -0.39 is 59.7 Å². The van der Waals surface area contributed by atoms with E-state index in [1.54, 1.807) is 25.8 Å². The molecule has 0 fully saturated rings. The molecule has 1 aromatic carbocycles. The molecule has 0 aliphatic heterocycles. The van der Waals surface area contributed by atoms with Gasteiger partial charge in [0.05, 0.1) is 17.6 Å². The summed E-state index contributed by atoms with van der Waals surface area (Å²) in [5.74, 6) is -3.81. The molecule has 276 valence electrons. The number of carbonyl (C=O) groups excluding carboxylic acids is 8. The van der Waals surface area contributed by atoms with Crippen molar-refractivity contribution >= 4 is 59.8 Å². The molecule has 2 atom stereocenters. The maximum atomic E-state index is 13.2. The standard InChI is InChI=1S/C33H49N7O10/c1-21(30(47)48)40(5)29(46)22-12-13-24(23(18-22)20-42)38-28(45)25(10-9-15-35-32(34)50)37-27(44)19-36-26(43)11-7-6-8-16-39(4)31(49)33(2,3)14-17-41/h12-13,17-18,20-21,25H,6-11,14-16,19H2,1-5H3,(H,36,43)(H,37,44)(H,38,45)(H,47,48)(H3,34,35,50)/t21-,25?/m0/s1. The molecular formula is C33H49N7O10. The van der Waals surface area contributed by atoms with E-state index >= 15 is 0 Å². The lowest BCUT2D eigenvalue weighted by atomic mass is 9.88. The Morgan fingerprint density at radius 3 is 2.24 bits per heavy atom. The van der Waals surface area contributed by atoms with Gasteiger partial charge in [0.1, 0.15) is 18.4 Å². The van der Waals surface area contributed by atoms with Crippen LogP contribution in [0, 0.1) is 5.41 Å². The van der Waals surface area contributed by atoms with Gasteiger partial charge in [0, 0.05) is 51.2 Å². The molecule has 0 spiro atoms. The minimum atomic E-state index is -1.22. The van der Waals surface area contributed by atoms with Gasteiger partial charge in [-0.15, -0.1) is 0 Å². The first kappa shape index (κ1) is 42.7. The van der Waals surface area contributed by atoms with Gasteiger partial charge in [-0.2, -0.15) is 0 Å². The monoisotopic (exact) mass is 703 g/mol. The molecule has 0 aliphatic carbocycles. The molecule has 0 saturated carbocycles. The van der Waals surface area contributed by atoms with Gasteiger partial charge in [-0.05, 0) is 50.8 Å². The third-order valence-electron chi connectivity index (χ3n) is 7.93. The van der Waals surface area contributed by atoms with Gasteiger partial charge in [-0.1, -0.05) is 20.3 Å². The zero-order valence-electron chi connectivity index (χ0n) is 29.2. The number of primary amides is 1. The van der Waals surface area contributed by atoms with Crippen LogP contribution in [0.2, 0.25) is 0 Å². The number of benzene rings is 1. The molecule has 0 heterocycles. The molecule has 17 heteroatoms. The number of carbonyl (C=O) groups is 9. The number of likely N-dealkylation sites (N-methyl/N-ethyl adjacent to an activating group) is 1. The summed E-state index contributed by atoms with van der Waals surface area (Å²) in [7, 11) is 2.96. The van der Waals surface area contributed by atoms with E-state index in [1.807, 2.05) is 0 Å². The minimum absolute atomic E-state index is 0.0105. The molecule has 0 radical (unpaired) electrons. The largest absolute Gasteiger partial charge is 0.480 e. The third-order valence-corrected chi connectivity index (χ3v) is 7.93. The van der Waals surface area contributed by atoms with Crippen LogP contribution in [0.25, 0.3) is 0 Å². The van der Waals surface area contributed by atoms with Crippen molar-refractivity contribution in [3.63, 3.8) is 0 Å². The van der Waals surface area contributed by atoms with Gasteiger partial charge in [-0.3, -0.25) is 28.8 Å². The quantitative estimate of drug-likeness (QED) is 0.0727. The Bertz CT molecular complexity index is 1410. The number of carboxylic acid groups (broad SMARTS) is 1. The summed E-state index contributed by atoms with van der Waals surface area (Å²) in [4.78, 5) is 111. The molecule has 0 bridgehead atoms. The van der Waals surface area contributed by atoms with E-state index in [9.17, 15) is 48.3 Å². The Morgan fingerprint density at radius 2 is 1.64 bits per heavy atom. The summed E-state index contributed by atoms with van der Waals surface area (Å²) < 4.78 is 0. The van der Waals surface area contributed by atoms with Gasteiger partial charge in [-0.25, -0.2) is 9.59 Å². The molecule has 7 amide bonds. The van der Waals surface area contributed by atoms with Crippen LogP contribution < -0.4 is 27.0 Å². The highest BCUT2D eigenvalue weighted by atomic mass is 16.4. The van der Waals surface area contributed by atoms with Gasteiger partial charge in [0.15, 0.2) is 6.29 Å². The number of unbranched alkanes of at least 4 members (excludes halogenated alkanes) is 2. The molecule has 17 nitrogen and oxygen atoms in total. The van der Waals surface area contributed by atoms with E-state index in [2.05, 4.69) is 21.3 Å². The molecular weight excluding hydrogens is 654 g/mol. The van der Waals surface area contributed by atoms with Crippen LogP contribution in [-0.4, -0.2) is 115 Å². The van der Waals surface area contributed by atoms with Crippen LogP contribution in [0.3, 0.4) is 0 Å². The first-order valence-corrected chi connectivity index (χ1v) is 16.1. The van der Waals surface area contributed by atoms with E-state index in [0.29, 0.717) is 38.4 Å². The lowest BCUT2D eigenvalue weighted by Crippen LogP contribution is -2.47. The normalized spacial score (nSPS) is 12.0. The van der Waals surface area contributed by atoms with Gasteiger partial charge in [0.2, 0.25) is 23.6 Å². The number of aliphatic carboxylic acids is 1. The second-order valence-corrected chi connectivity index (χ2v) is 12.5. The van der Waals surface area contributed by atoms with Gasteiger partial charge < -0.3 is 46.7 Å². The minimum Gasteiger partial charge on any atom is -0.480 e. The number of nitrogens with zero attached hydrogens (tertiary/aromatic N) is 2. The van der Waals surface area contributed by atoms with E-state index in [-0.39, 0.29) is 54.9 Å². The number of nitrogens with two attached hydrogens (primary N) is 1. The molecule has 0 aromatic heterocycles. The average Bonchev–Trinajstić information content (AvgIpc) is 3.06. The number of aldehydes is 2. The highest BCUT2D eigenvalue weighted by Crippen LogP contribution is 2.22. The second-order valence-electron chi connectivity index (χ2n) is 12.5. The molecule has 0 aliphatic rings. The van der Waals surface area contributed by atoms with Crippen molar-refractivity contribution in [2.45, 2.75) is 77.8 Å². The highest BCUT2D eigenvalue weighted by Gasteiger charge is 2.30. The summed E-state index contributed by atoms with van der Waals surface area (Å²) in [6.07, 6.45) is 3.42. The maximum absolute atomic E-state index is 13.2. The van der Waals surface area contributed by atoms with E-state index in [4.69, 9.17) is 5.73 Å². The van der Waals surface area contributed by atoms with E-state index in [0.717, 1.165) is 4.90 Å². The lowest BCUT2D eigenvalue weighted by molar-refractivity contribution is -0.141. The number of hydrogen-bond acceptors (Lipinski definition) is 9. The number of anilines is 1. The molecule has 7 N–H and O–H groups in total. The number of rotatable bonds is 22. The van der Waals surface area contributed by atoms with Crippen molar-refractivity contribution in [1.82, 2.24) is 25.8 Å². The predicted octanol–water partition coefficient (Wildman–Crippen LogP) is 0.666. The summed E-state index contributed by atoms with van der Waals surface area (Å²) in [6, 6.07) is 0.740.